The lowest BCUT2D eigenvalue weighted by Gasteiger charge is -2.33. The third-order valence-electron chi connectivity index (χ3n) is 5.17. The Morgan fingerprint density at radius 1 is 1.25 bits per heavy atom. The van der Waals surface area contributed by atoms with Gasteiger partial charge >= 0.3 is 0 Å². The molecule has 3 atom stereocenters. The Balaban J connectivity index is 1.49. The Hall–Kier alpha value is -1.59. The van der Waals surface area contributed by atoms with Gasteiger partial charge in [0.05, 0.1) is 12.7 Å². The van der Waals surface area contributed by atoms with Gasteiger partial charge in [0.1, 0.15) is 5.52 Å². The lowest BCUT2D eigenvalue weighted by molar-refractivity contribution is -0.0390. The second-order valence-electron chi connectivity index (χ2n) is 8.28. The zero-order chi connectivity index (χ0) is 16.9. The molecule has 0 spiro atoms. The van der Waals surface area contributed by atoms with E-state index in [0.29, 0.717) is 24.2 Å². The van der Waals surface area contributed by atoms with E-state index in [4.69, 9.17) is 9.15 Å². The van der Waals surface area contributed by atoms with Gasteiger partial charge in [-0.1, -0.05) is 26.8 Å². The van der Waals surface area contributed by atoms with Crippen molar-refractivity contribution >= 4 is 17.1 Å². The van der Waals surface area contributed by atoms with Crippen LogP contribution in [0.15, 0.2) is 22.6 Å². The standard InChI is InChI=1S/C19H27N3O2/c1-12-9-22-10-14(8-15(22)11-23-12)20-18-21-16-7-13(19(2,3)4)5-6-17(16)24-18/h5-7,12,14-15H,8-11H2,1-4H3,(H,20,21)/t12-,14-,15+/m1/s1. The molecule has 2 aliphatic rings. The van der Waals surface area contributed by atoms with Gasteiger partial charge in [-0.25, -0.2) is 0 Å². The van der Waals surface area contributed by atoms with Crippen LogP contribution in [0, 0.1) is 0 Å². The summed E-state index contributed by atoms with van der Waals surface area (Å²) in [6.45, 7) is 11.7. The number of nitrogens with zero attached hydrogens (tertiary/aromatic N) is 2. The molecular formula is C19H27N3O2. The van der Waals surface area contributed by atoms with Gasteiger partial charge in [-0.15, -0.1) is 0 Å². The highest BCUT2D eigenvalue weighted by atomic mass is 16.5. The summed E-state index contributed by atoms with van der Waals surface area (Å²) in [6, 6.07) is 7.83. The minimum atomic E-state index is 0.117. The molecule has 5 heteroatoms. The maximum Gasteiger partial charge on any atom is 0.295 e. The molecule has 1 aromatic heterocycles. The van der Waals surface area contributed by atoms with Gasteiger partial charge in [-0.2, -0.15) is 4.98 Å². The fraction of sp³-hybridized carbons (Fsp3) is 0.632. The first kappa shape index (κ1) is 15.9. The second kappa shape index (κ2) is 5.74. The zero-order valence-corrected chi connectivity index (χ0v) is 15.0. The normalized spacial score (nSPS) is 28.2. The lowest BCUT2D eigenvalue weighted by atomic mass is 9.87. The van der Waals surface area contributed by atoms with E-state index in [1.165, 1.54) is 5.56 Å². The van der Waals surface area contributed by atoms with Gasteiger partial charge < -0.3 is 14.5 Å². The van der Waals surface area contributed by atoms with Crippen LogP contribution in [0.1, 0.15) is 39.7 Å². The van der Waals surface area contributed by atoms with Gasteiger partial charge in [0, 0.05) is 25.2 Å². The van der Waals surface area contributed by atoms with Crippen LogP contribution in [0.5, 0.6) is 0 Å². The van der Waals surface area contributed by atoms with Gasteiger partial charge in [0.15, 0.2) is 5.58 Å². The number of nitrogens with one attached hydrogen (secondary N) is 1. The Kier molecular flexibility index (Phi) is 3.81. The van der Waals surface area contributed by atoms with E-state index < -0.39 is 0 Å². The van der Waals surface area contributed by atoms with Crippen molar-refractivity contribution in [3.8, 4) is 0 Å². The predicted molar refractivity (Wildman–Crippen MR) is 95.5 cm³/mol. The number of hydrogen-bond donors (Lipinski definition) is 1. The lowest BCUT2D eigenvalue weighted by Crippen LogP contribution is -2.45. The third kappa shape index (κ3) is 3.03. The summed E-state index contributed by atoms with van der Waals surface area (Å²) in [5, 5.41) is 3.48. The molecule has 5 nitrogen and oxygen atoms in total. The van der Waals surface area contributed by atoms with E-state index in [1.807, 2.05) is 6.07 Å². The van der Waals surface area contributed by atoms with E-state index in [2.05, 4.69) is 55.0 Å². The Morgan fingerprint density at radius 2 is 2.08 bits per heavy atom. The molecule has 1 aromatic carbocycles. The number of morpholine rings is 1. The first-order chi connectivity index (χ1) is 11.4. The minimum Gasteiger partial charge on any atom is -0.424 e. The summed E-state index contributed by atoms with van der Waals surface area (Å²) in [4.78, 5) is 7.18. The van der Waals surface area contributed by atoms with Crippen LogP contribution >= 0.6 is 0 Å². The number of oxazole rings is 1. The number of rotatable bonds is 2. The maximum atomic E-state index is 5.90. The molecule has 2 fully saturated rings. The summed E-state index contributed by atoms with van der Waals surface area (Å²) >= 11 is 0. The zero-order valence-electron chi connectivity index (χ0n) is 15.0. The van der Waals surface area contributed by atoms with Crippen LogP contribution < -0.4 is 5.32 Å². The molecule has 0 saturated carbocycles. The van der Waals surface area contributed by atoms with Crippen LogP contribution in [0.25, 0.3) is 11.1 Å². The van der Waals surface area contributed by atoms with Crippen molar-refractivity contribution in [2.45, 2.75) is 57.7 Å². The molecule has 0 unspecified atom stereocenters. The van der Waals surface area contributed by atoms with Crippen molar-refractivity contribution in [1.82, 2.24) is 9.88 Å². The number of benzene rings is 1. The largest absolute Gasteiger partial charge is 0.424 e. The van der Waals surface area contributed by atoms with Crippen molar-refractivity contribution in [3.05, 3.63) is 23.8 Å². The first-order valence-corrected chi connectivity index (χ1v) is 8.92. The highest BCUT2D eigenvalue weighted by molar-refractivity contribution is 5.75. The molecule has 2 saturated heterocycles. The average molecular weight is 329 g/mol. The number of anilines is 1. The highest BCUT2D eigenvalue weighted by Crippen LogP contribution is 2.29. The Labute approximate surface area is 143 Å². The van der Waals surface area contributed by atoms with Gasteiger partial charge in [-0.05, 0) is 36.5 Å². The van der Waals surface area contributed by atoms with Gasteiger partial charge in [-0.3, -0.25) is 4.90 Å². The predicted octanol–water partition coefficient (Wildman–Crippen LogP) is 3.40. The van der Waals surface area contributed by atoms with E-state index in [0.717, 1.165) is 37.2 Å². The van der Waals surface area contributed by atoms with Crippen molar-refractivity contribution < 1.29 is 9.15 Å². The quantitative estimate of drug-likeness (QED) is 0.915. The second-order valence-corrected chi connectivity index (χ2v) is 8.28. The van der Waals surface area contributed by atoms with E-state index in [1.54, 1.807) is 0 Å². The molecule has 1 N–H and O–H groups in total. The molecule has 0 radical (unpaired) electrons. The molecule has 0 amide bonds. The molecule has 3 heterocycles. The van der Waals surface area contributed by atoms with E-state index in [9.17, 15) is 0 Å². The first-order valence-electron chi connectivity index (χ1n) is 8.92. The molecular weight excluding hydrogens is 302 g/mol. The smallest absolute Gasteiger partial charge is 0.295 e. The monoisotopic (exact) mass is 329 g/mol. The molecule has 0 bridgehead atoms. The molecule has 2 aromatic rings. The van der Waals surface area contributed by atoms with Crippen molar-refractivity contribution in [2.75, 3.05) is 25.0 Å². The Morgan fingerprint density at radius 3 is 2.88 bits per heavy atom. The average Bonchev–Trinajstić information content (AvgIpc) is 3.07. The summed E-state index contributed by atoms with van der Waals surface area (Å²) in [5.74, 6) is 0. The van der Waals surface area contributed by atoms with Crippen LogP contribution in [0.4, 0.5) is 6.01 Å². The molecule has 0 aliphatic carbocycles. The fourth-order valence-corrected chi connectivity index (χ4v) is 3.77. The van der Waals surface area contributed by atoms with Crippen LogP contribution in [0.3, 0.4) is 0 Å². The topological polar surface area (TPSA) is 50.5 Å². The van der Waals surface area contributed by atoms with Crippen LogP contribution in [-0.4, -0.2) is 47.8 Å². The summed E-state index contributed by atoms with van der Waals surface area (Å²) in [7, 11) is 0. The summed E-state index contributed by atoms with van der Waals surface area (Å²) in [5.41, 5.74) is 3.17. The van der Waals surface area contributed by atoms with Crippen molar-refractivity contribution in [1.29, 1.82) is 0 Å². The molecule has 24 heavy (non-hydrogen) atoms. The Bertz CT molecular complexity index is 734. The molecule has 130 valence electrons. The summed E-state index contributed by atoms with van der Waals surface area (Å²) < 4.78 is 11.7. The minimum absolute atomic E-state index is 0.117. The summed E-state index contributed by atoms with van der Waals surface area (Å²) in [6.07, 6.45) is 1.42. The third-order valence-corrected chi connectivity index (χ3v) is 5.17. The van der Waals surface area contributed by atoms with Gasteiger partial charge in [0.2, 0.25) is 0 Å². The number of hydrogen-bond acceptors (Lipinski definition) is 5. The van der Waals surface area contributed by atoms with Crippen molar-refractivity contribution in [3.63, 3.8) is 0 Å². The van der Waals surface area contributed by atoms with E-state index >= 15 is 0 Å². The van der Waals surface area contributed by atoms with Crippen LogP contribution in [0.2, 0.25) is 0 Å². The van der Waals surface area contributed by atoms with Crippen LogP contribution in [-0.2, 0) is 10.2 Å². The number of aromatic nitrogens is 1. The molecule has 4 rings (SSSR count). The fourth-order valence-electron chi connectivity index (χ4n) is 3.77. The number of fused-ring (bicyclic) bond motifs is 2. The van der Waals surface area contributed by atoms with Crippen molar-refractivity contribution in [2.24, 2.45) is 0 Å². The SMILES string of the molecule is C[C@@H]1CN2C[C@H](Nc3nc4cc(C(C)(C)C)ccc4o3)C[C@H]2CO1. The molecule has 2 aliphatic heterocycles. The number of ether oxygens (including phenoxy) is 1. The highest BCUT2D eigenvalue weighted by Gasteiger charge is 2.36. The van der Waals surface area contributed by atoms with Gasteiger partial charge in [0.25, 0.3) is 6.01 Å². The maximum absolute atomic E-state index is 5.90. The van der Waals surface area contributed by atoms with E-state index in [-0.39, 0.29) is 5.41 Å².